The first-order chi connectivity index (χ1) is 14.7. The molecule has 4 rings (SSSR count). The highest BCUT2D eigenvalue weighted by Crippen LogP contribution is 2.36. The Hall–Kier alpha value is -1.61. The summed E-state index contributed by atoms with van der Waals surface area (Å²) in [5, 5.41) is 0.782. The van der Waals surface area contributed by atoms with E-state index in [9.17, 15) is 0 Å². The predicted molar refractivity (Wildman–Crippen MR) is 125 cm³/mol. The van der Waals surface area contributed by atoms with E-state index in [1.807, 2.05) is 12.1 Å². The Morgan fingerprint density at radius 2 is 1.47 bits per heavy atom. The van der Waals surface area contributed by atoms with E-state index in [0.29, 0.717) is 11.8 Å². The van der Waals surface area contributed by atoms with Crippen LogP contribution in [0.4, 0.5) is 0 Å². The second-order valence-corrected chi connectivity index (χ2v) is 9.28. The van der Waals surface area contributed by atoms with Crippen molar-refractivity contribution in [3.63, 3.8) is 0 Å². The SMILES string of the molecule is C/C=C/[C@H]1CO[C@H](C2CCC(CCc3ccc(-c4ccc(Cl)cc4)cc3)CC2)OC1. The third kappa shape index (κ3) is 5.75. The van der Waals surface area contributed by atoms with Gasteiger partial charge in [0.25, 0.3) is 0 Å². The molecule has 0 atom stereocenters. The molecule has 1 aliphatic carbocycles. The van der Waals surface area contributed by atoms with Crippen LogP contribution >= 0.6 is 11.6 Å². The molecule has 2 aromatic rings. The number of rotatable bonds is 6. The molecule has 1 saturated heterocycles. The third-order valence-corrected chi connectivity index (χ3v) is 6.91. The van der Waals surface area contributed by atoms with Crippen molar-refractivity contribution >= 4 is 11.6 Å². The van der Waals surface area contributed by atoms with Crippen LogP contribution in [-0.4, -0.2) is 19.5 Å². The first kappa shape index (κ1) is 21.6. The summed E-state index contributed by atoms with van der Waals surface area (Å²) in [6, 6.07) is 17.1. The molecule has 0 bridgehead atoms. The van der Waals surface area contributed by atoms with Crippen molar-refractivity contribution in [2.24, 2.45) is 17.8 Å². The second-order valence-electron chi connectivity index (χ2n) is 8.84. The van der Waals surface area contributed by atoms with Crippen LogP contribution in [0.1, 0.15) is 44.6 Å². The Labute approximate surface area is 186 Å². The van der Waals surface area contributed by atoms with E-state index in [0.717, 1.165) is 30.6 Å². The van der Waals surface area contributed by atoms with Gasteiger partial charge in [0, 0.05) is 16.9 Å². The van der Waals surface area contributed by atoms with E-state index < -0.39 is 0 Å². The molecule has 1 aliphatic heterocycles. The maximum atomic E-state index is 6.02. The Balaban J connectivity index is 1.20. The molecule has 2 aliphatic rings. The first-order valence-electron chi connectivity index (χ1n) is 11.4. The van der Waals surface area contributed by atoms with Crippen LogP contribution in [0, 0.1) is 17.8 Å². The fourth-order valence-electron chi connectivity index (χ4n) is 4.81. The van der Waals surface area contributed by atoms with Gasteiger partial charge in [-0.25, -0.2) is 0 Å². The van der Waals surface area contributed by atoms with Gasteiger partial charge in [0.1, 0.15) is 0 Å². The molecule has 2 nitrogen and oxygen atoms in total. The zero-order valence-corrected chi connectivity index (χ0v) is 18.7. The zero-order valence-electron chi connectivity index (χ0n) is 17.9. The normalized spacial score (nSPS) is 27.4. The van der Waals surface area contributed by atoms with Crippen molar-refractivity contribution in [3.05, 3.63) is 71.3 Å². The van der Waals surface area contributed by atoms with Gasteiger partial charge in [0.05, 0.1) is 13.2 Å². The summed E-state index contributed by atoms with van der Waals surface area (Å²) in [5.41, 5.74) is 3.90. The smallest absolute Gasteiger partial charge is 0.160 e. The summed E-state index contributed by atoms with van der Waals surface area (Å²) in [4.78, 5) is 0. The maximum absolute atomic E-state index is 6.02. The number of benzene rings is 2. The Morgan fingerprint density at radius 1 is 0.867 bits per heavy atom. The van der Waals surface area contributed by atoms with Crippen LogP contribution in [0.2, 0.25) is 5.02 Å². The van der Waals surface area contributed by atoms with E-state index in [1.165, 1.54) is 48.8 Å². The molecule has 30 heavy (non-hydrogen) atoms. The molecular weight excluding hydrogens is 392 g/mol. The van der Waals surface area contributed by atoms with Crippen LogP contribution in [-0.2, 0) is 15.9 Å². The molecule has 3 heteroatoms. The largest absolute Gasteiger partial charge is 0.352 e. The predicted octanol–water partition coefficient (Wildman–Crippen LogP) is 7.31. The van der Waals surface area contributed by atoms with Gasteiger partial charge >= 0.3 is 0 Å². The van der Waals surface area contributed by atoms with Gasteiger partial charge in [-0.2, -0.15) is 0 Å². The molecule has 0 unspecified atom stereocenters. The number of allylic oxidation sites excluding steroid dienone is 1. The number of ether oxygens (including phenoxy) is 2. The van der Waals surface area contributed by atoms with Crippen LogP contribution in [0.15, 0.2) is 60.7 Å². The highest BCUT2D eigenvalue weighted by molar-refractivity contribution is 6.30. The molecule has 1 heterocycles. The number of halogens is 1. The lowest BCUT2D eigenvalue weighted by molar-refractivity contribution is -0.223. The summed E-state index contributed by atoms with van der Waals surface area (Å²) >= 11 is 5.99. The maximum Gasteiger partial charge on any atom is 0.160 e. The van der Waals surface area contributed by atoms with E-state index >= 15 is 0 Å². The van der Waals surface area contributed by atoms with Gasteiger partial charge in [-0.3, -0.25) is 0 Å². The highest BCUT2D eigenvalue weighted by Gasteiger charge is 2.31. The van der Waals surface area contributed by atoms with E-state index in [4.69, 9.17) is 21.1 Å². The zero-order chi connectivity index (χ0) is 20.8. The second kappa shape index (κ2) is 10.6. The fourth-order valence-corrected chi connectivity index (χ4v) is 4.94. The highest BCUT2D eigenvalue weighted by atomic mass is 35.5. The van der Waals surface area contributed by atoms with E-state index in [1.54, 1.807) is 0 Å². The number of hydrogen-bond donors (Lipinski definition) is 0. The third-order valence-electron chi connectivity index (χ3n) is 6.66. The summed E-state index contributed by atoms with van der Waals surface area (Å²) in [6.07, 6.45) is 11.8. The lowest BCUT2D eigenvalue weighted by Crippen LogP contribution is -2.38. The minimum Gasteiger partial charge on any atom is -0.352 e. The number of aryl methyl sites for hydroxylation is 1. The molecule has 0 amide bonds. The summed E-state index contributed by atoms with van der Waals surface area (Å²) in [5.74, 6) is 1.83. The van der Waals surface area contributed by atoms with Gasteiger partial charge in [0.2, 0.25) is 0 Å². The van der Waals surface area contributed by atoms with Crippen LogP contribution in [0.3, 0.4) is 0 Å². The summed E-state index contributed by atoms with van der Waals surface area (Å²) < 4.78 is 12.0. The molecule has 0 spiro atoms. The van der Waals surface area contributed by atoms with Crippen molar-refractivity contribution in [2.75, 3.05) is 13.2 Å². The van der Waals surface area contributed by atoms with Crippen LogP contribution < -0.4 is 0 Å². The average Bonchev–Trinajstić information content (AvgIpc) is 2.80. The fraction of sp³-hybridized carbons (Fsp3) is 0.481. The average molecular weight is 425 g/mol. The first-order valence-corrected chi connectivity index (χ1v) is 11.8. The van der Waals surface area contributed by atoms with Gasteiger partial charge in [-0.1, -0.05) is 60.2 Å². The van der Waals surface area contributed by atoms with Crippen molar-refractivity contribution < 1.29 is 9.47 Å². The molecule has 0 N–H and O–H groups in total. The molecule has 0 radical (unpaired) electrons. The molecule has 0 aromatic heterocycles. The minimum absolute atomic E-state index is 0.0212. The Morgan fingerprint density at radius 3 is 2.07 bits per heavy atom. The van der Waals surface area contributed by atoms with Crippen molar-refractivity contribution in [1.29, 1.82) is 0 Å². The van der Waals surface area contributed by atoms with Gasteiger partial charge in [-0.05, 0) is 80.2 Å². The van der Waals surface area contributed by atoms with Crippen molar-refractivity contribution in [1.82, 2.24) is 0 Å². The van der Waals surface area contributed by atoms with Gasteiger partial charge in [0.15, 0.2) is 6.29 Å². The van der Waals surface area contributed by atoms with Gasteiger partial charge in [-0.15, -0.1) is 0 Å². The molecule has 160 valence electrons. The van der Waals surface area contributed by atoms with Crippen LogP contribution in [0.25, 0.3) is 11.1 Å². The van der Waals surface area contributed by atoms with Crippen molar-refractivity contribution in [3.8, 4) is 11.1 Å². The van der Waals surface area contributed by atoms with Crippen LogP contribution in [0.5, 0.6) is 0 Å². The lowest BCUT2D eigenvalue weighted by atomic mass is 9.79. The van der Waals surface area contributed by atoms with Gasteiger partial charge < -0.3 is 9.47 Å². The molecule has 2 aromatic carbocycles. The topological polar surface area (TPSA) is 18.5 Å². The molecule has 2 fully saturated rings. The number of hydrogen-bond acceptors (Lipinski definition) is 2. The van der Waals surface area contributed by atoms with E-state index in [-0.39, 0.29) is 6.29 Å². The summed E-state index contributed by atoms with van der Waals surface area (Å²) in [6.45, 7) is 3.67. The minimum atomic E-state index is 0.0212. The molecular formula is C27H33ClO2. The Kier molecular flexibility index (Phi) is 7.65. The standard InChI is InChI=1S/C27H33ClO2/c1-2-3-22-18-29-27(30-19-22)25-12-8-21(9-13-25)5-4-20-6-10-23(11-7-20)24-14-16-26(28)17-15-24/h2-3,6-7,10-11,14-17,21-22,25,27H,4-5,8-9,12-13,18-19H2,1H3/b3-2+/t21?,22-,25?,27-. The Bertz CT molecular complexity index is 796. The quantitative estimate of drug-likeness (QED) is 0.452. The summed E-state index contributed by atoms with van der Waals surface area (Å²) in [7, 11) is 0. The van der Waals surface area contributed by atoms with Crippen molar-refractivity contribution in [2.45, 2.75) is 51.7 Å². The monoisotopic (exact) mass is 424 g/mol. The lowest BCUT2D eigenvalue weighted by Gasteiger charge is -2.37. The van der Waals surface area contributed by atoms with E-state index in [2.05, 4.69) is 55.5 Å². The molecule has 1 saturated carbocycles.